The van der Waals surface area contributed by atoms with Crippen LogP contribution < -0.4 is 5.32 Å². The Kier molecular flexibility index (Phi) is 7.27. The molecule has 1 aliphatic rings. The quantitative estimate of drug-likeness (QED) is 0.189. The molecular formula is C55H34N4O2. The number of furan rings is 2. The second kappa shape index (κ2) is 13.1. The van der Waals surface area contributed by atoms with Crippen molar-refractivity contribution in [1.82, 2.24) is 9.88 Å². The summed E-state index contributed by atoms with van der Waals surface area (Å²) in [6, 6.07) is 68.1. The Morgan fingerprint density at radius 3 is 1.89 bits per heavy atom. The van der Waals surface area contributed by atoms with Crippen LogP contribution in [0, 0.1) is 0 Å². The smallest absolute Gasteiger partial charge is 0.159 e. The maximum atomic E-state index is 6.81. The van der Waals surface area contributed by atoms with Gasteiger partial charge in [-0.1, -0.05) is 146 Å². The van der Waals surface area contributed by atoms with E-state index in [0.29, 0.717) is 5.84 Å². The maximum Gasteiger partial charge on any atom is 0.159 e. The zero-order valence-electron chi connectivity index (χ0n) is 32.7. The molecule has 0 saturated heterocycles. The third kappa shape index (κ3) is 5.36. The highest BCUT2D eigenvalue weighted by Crippen LogP contribution is 2.41. The maximum absolute atomic E-state index is 6.81. The van der Waals surface area contributed by atoms with E-state index in [1.54, 1.807) is 0 Å². The Morgan fingerprint density at radius 2 is 1.07 bits per heavy atom. The Labute approximate surface area is 349 Å². The molecule has 13 rings (SSSR count). The Morgan fingerprint density at radius 1 is 0.426 bits per heavy atom. The van der Waals surface area contributed by atoms with Crippen molar-refractivity contribution >= 4 is 88.1 Å². The SMILES string of the molecule is c1ccc(-c2ccc(C3=NC(c4cc(-n5c6ccccc6c6cc7ccccc7cc65)c5oc6ccccc6c5c4)=NC(c4ccc5c(c4)oc4ccccc45)N3)cc2)cc1. The number of benzene rings is 9. The van der Waals surface area contributed by atoms with E-state index in [-0.39, 0.29) is 0 Å². The minimum absolute atomic E-state index is 0.450. The molecule has 0 bridgehead atoms. The number of aliphatic imine (C=N–C) groups is 2. The molecule has 12 aromatic rings. The highest BCUT2D eigenvalue weighted by molar-refractivity contribution is 6.19. The number of hydrogen-bond donors (Lipinski definition) is 1. The van der Waals surface area contributed by atoms with Crippen molar-refractivity contribution in [1.29, 1.82) is 0 Å². The van der Waals surface area contributed by atoms with Crippen molar-refractivity contribution in [2.45, 2.75) is 6.17 Å². The van der Waals surface area contributed by atoms with Gasteiger partial charge in [0.05, 0.1) is 16.7 Å². The van der Waals surface area contributed by atoms with E-state index in [1.165, 1.54) is 21.5 Å². The minimum atomic E-state index is -0.450. The van der Waals surface area contributed by atoms with Gasteiger partial charge < -0.3 is 18.7 Å². The van der Waals surface area contributed by atoms with Crippen LogP contribution in [0.25, 0.3) is 93.3 Å². The lowest BCUT2D eigenvalue weighted by molar-refractivity contribution is 0.655. The third-order valence-corrected chi connectivity index (χ3v) is 12.2. The van der Waals surface area contributed by atoms with E-state index in [4.69, 9.17) is 18.8 Å². The number of hydrogen-bond acceptors (Lipinski definition) is 5. The number of nitrogens with one attached hydrogen (secondary N) is 1. The first-order valence-corrected chi connectivity index (χ1v) is 20.6. The van der Waals surface area contributed by atoms with Crippen LogP contribution in [0.3, 0.4) is 0 Å². The molecule has 0 spiro atoms. The lowest BCUT2D eigenvalue weighted by Gasteiger charge is -2.24. The molecule has 3 aromatic heterocycles. The number of fused-ring (bicyclic) bond motifs is 10. The highest BCUT2D eigenvalue weighted by Gasteiger charge is 2.25. The summed E-state index contributed by atoms with van der Waals surface area (Å²) in [6.45, 7) is 0. The molecule has 61 heavy (non-hydrogen) atoms. The number of aromatic nitrogens is 1. The lowest BCUT2D eigenvalue weighted by Crippen LogP contribution is -2.33. The first kappa shape index (κ1) is 33.7. The van der Waals surface area contributed by atoms with Crippen molar-refractivity contribution in [3.8, 4) is 16.8 Å². The van der Waals surface area contributed by atoms with Crippen LogP contribution >= 0.6 is 0 Å². The normalized spacial score (nSPS) is 14.4. The predicted octanol–water partition coefficient (Wildman–Crippen LogP) is 13.9. The van der Waals surface area contributed by atoms with Crippen LogP contribution in [0.4, 0.5) is 0 Å². The predicted molar refractivity (Wildman–Crippen MR) is 250 cm³/mol. The fraction of sp³-hybridized carbons (Fsp3) is 0.0182. The van der Waals surface area contributed by atoms with Gasteiger partial charge in [0, 0.05) is 49.0 Å². The van der Waals surface area contributed by atoms with Gasteiger partial charge >= 0.3 is 0 Å². The third-order valence-electron chi connectivity index (χ3n) is 12.2. The van der Waals surface area contributed by atoms with E-state index >= 15 is 0 Å². The van der Waals surface area contributed by atoms with Crippen LogP contribution in [-0.4, -0.2) is 16.2 Å². The molecule has 0 saturated carbocycles. The van der Waals surface area contributed by atoms with Crippen LogP contribution in [0.2, 0.25) is 0 Å². The number of para-hydroxylation sites is 3. The summed E-state index contributed by atoms with van der Waals surface area (Å²) in [5.41, 5.74) is 11.6. The molecule has 1 unspecified atom stereocenters. The Balaban J connectivity index is 1.05. The van der Waals surface area contributed by atoms with Crippen molar-refractivity contribution in [2.75, 3.05) is 0 Å². The zero-order valence-corrected chi connectivity index (χ0v) is 32.7. The topological polar surface area (TPSA) is 68.0 Å². The Bertz CT molecular complexity index is 3790. The summed E-state index contributed by atoms with van der Waals surface area (Å²) in [5, 5.41) is 12.7. The van der Waals surface area contributed by atoms with Crippen LogP contribution in [0.1, 0.15) is 22.9 Å². The number of nitrogens with zero attached hydrogens (tertiary/aromatic N) is 3. The summed E-state index contributed by atoms with van der Waals surface area (Å²) < 4.78 is 15.5. The standard InChI is InChI=1S/C55H34N4O2/c1-2-12-33(13-3-1)34-22-24-35(25-23-34)53-56-54(38-26-27-43-41-17-7-10-20-49(41)60-51(43)32-38)58-55(57-53)39-29-45-42-18-8-11-21-50(42)61-52(45)48(31-39)59-46-19-9-6-16-40(46)44-28-36-14-4-5-15-37(36)30-47(44)59/h1-32,54H,(H,56,57,58). The summed E-state index contributed by atoms with van der Waals surface area (Å²) in [4.78, 5) is 10.8. The molecule has 4 heterocycles. The van der Waals surface area contributed by atoms with Gasteiger partial charge in [-0.15, -0.1) is 0 Å². The van der Waals surface area contributed by atoms with Gasteiger partial charge in [-0.05, 0) is 70.4 Å². The second-order valence-corrected chi connectivity index (χ2v) is 15.8. The van der Waals surface area contributed by atoms with E-state index in [2.05, 4.69) is 168 Å². The molecule has 1 atom stereocenters. The van der Waals surface area contributed by atoms with Gasteiger partial charge in [-0.2, -0.15) is 0 Å². The molecule has 0 amide bonds. The summed E-state index contributed by atoms with van der Waals surface area (Å²) in [7, 11) is 0. The summed E-state index contributed by atoms with van der Waals surface area (Å²) >= 11 is 0. The minimum Gasteiger partial charge on any atom is -0.456 e. The zero-order chi connectivity index (χ0) is 40.0. The molecule has 6 nitrogen and oxygen atoms in total. The van der Waals surface area contributed by atoms with Crippen molar-refractivity contribution in [3.05, 3.63) is 211 Å². The lowest BCUT2D eigenvalue weighted by atomic mass is 10.0. The molecule has 0 radical (unpaired) electrons. The van der Waals surface area contributed by atoms with Gasteiger partial charge in [0.25, 0.3) is 0 Å². The molecule has 0 fully saturated rings. The van der Waals surface area contributed by atoms with E-state index in [9.17, 15) is 0 Å². The van der Waals surface area contributed by atoms with E-state index in [0.717, 1.165) is 94.3 Å². The van der Waals surface area contributed by atoms with Gasteiger partial charge in [-0.25, -0.2) is 9.98 Å². The largest absolute Gasteiger partial charge is 0.456 e. The molecular weight excluding hydrogens is 749 g/mol. The van der Waals surface area contributed by atoms with Gasteiger partial charge in [-0.3, -0.25) is 0 Å². The highest BCUT2D eigenvalue weighted by atomic mass is 16.3. The van der Waals surface area contributed by atoms with Gasteiger partial charge in [0.15, 0.2) is 11.4 Å². The van der Waals surface area contributed by atoms with Crippen molar-refractivity contribution in [3.63, 3.8) is 0 Å². The summed E-state index contributed by atoms with van der Waals surface area (Å²) in [6.07, 6.45) is -0.450. The van der Waals surface area contributed by atoms with E-state index in [1.807, 2.05) is 36.4 Å². The fourth-order valence-corrected chi connectivity index (χ4v) is 9.28. The molecule has 1 N–H and O–H groups in total. The molecule has 1 aliphatic heterocycles. The number of rotatable bonds is 5. The van der Waals surface area contributed by atoms with Crippen LogP contribution in [-0.2, 0) is 0 Å². The Hall–Kier alpha value is -8.22. The second-order valence-electron chi connectivity index (χ2n) is 15.8. The molecule has 286 valence electrons. The molecule has 6 heteroatoms. The number of amidine groups is 2. The fourth-order valence-electron chi connectivity index (χ4n) is 9.28. The van der Waals surface area contributed by atoms with E-state index < -0.39 is 6.17 Å². The van der Waals surface area contributed by atoms with Gasteiger partial charge in [0.2, 0.25) is 0 Å². The average Bonchev–Trinajstić information content (AvgIpc) is 4.00. The van der Waals surface area contributed by atoms with Crippen LogP contribution in [0.5, 0.6) is 0 Å². The molecule has 0 aliphatic carbocycles. The first-order valence-electron chi connectivity index (χ1n) is 20.6. The molecule has 9 aromatic carbocycles. The monoisotopic (exact) mass is 782 g/mol. The van der Waals surface area contributed by atoms with Crippen molar-refractivity contribution in [2.24, 2.45) is 9.98 Å². The van der Waals surface area contributed by atoms with Crippen LogP contribution in [0.15, 0.2) is 213 Å². The van der Waals surface area contributed by atoms with Crippen molar-refractivity contribution < 1.29 is 8.83 Å². The average molecular weight is 783 g/mol. The summed E-state index contributed by atoms with van der Waals surface area (Å²) in [5.74, 6) is 1.36. The van der Waals surface area contributed by atoms with Gasteiger partial charge in [0.1, 0.15) is 28.8 Å². The first-order chi connectivity index (χ1) is 30.2.